The number of rotatable bonds is 4. The molecule has 2 nitrogen and oxygen atoms in total. The Hall–Kier alpha value is -0.940. The Morgan fingerprint density at radius 3 is 2.32 bits per heavy atom. The first-order valence-corrected chi connectivity index (χ1v) is 6.22. The molecule has 0 atom stereocenters. The summed E-state index contributed by atoms with van der Waals surface area (Å²) < 4.78 is 42.8. The second-order valence-corrected chi connectivity index (χ2v) is 5.49. The van der Waals surface area contributed by atoms with E-state index in [1.54, 1.807) is 0 Å². The molecule has 1 N–H and O–H groups in total. The second-order valence-electron chi connectivity index (χ2n) is 5.08. The van der Waals surface area contributed by atoms with Crippen LogP contribution in [0.25, 0.3) is 0 Å². The van der Waals surface area contributed by atoms with Crippen LogP contribution in [0, 0.1) is 0 Å². The third-order valence-corrected chi connectivity index (χ3v) is 2.56. The first kappa shape index (κ1) is 16.1. The van der Waals surface area contributed by atoms with Gasteiger partial charge in [-0.3, -0.25) is 0 Å². The summed E-state index contributed by atoms with van der Waals surface area (Å²) in [5, 5.41) is 2.99. The van der Waals surface area contributed by atoms with Crippen molar-refractivity contribution in [2.45, 2.75) is 32.5 Å². The summed E-state index contributed by atoms with van der Waals surface area (Å²) in [4.78, 5) is 0. The molecule has 0 unspecified atom stereocenters. The van der Waals surface area contributed by atoms with E-state index < -0.39 is 11.7 Å². The smallest absolute Gasteiger partial charge is 0.382 e. The average molecular weight is 296 g/mol. The minimum absolute atomic E-state index is 0.0468. The summed E-state index contributed by atoms with van der Waals surface area (Å²) in [5.74, 6) is 0. The van der Waals surface area contributed by atoms with Crippen molar-refractivity contribution in [2.75, 3.05) is 18.5 Å². The van der Waals surface area contributed by atoms with Crippen LogP contribution in [0.3, 0.4) is 0 Å². The number of anilines is 1. The van der Waals surface area contributed by atoms with E-state index in [4.69, 9.17) is 16.3 Å². The fourth-order valence-electron chi connectivity index (χ4n) is 1.38. The van der Waals surface area contributed by atoms with Gasteiger partial charge in [0.1, 0.15) is 0 Å². The normalized spacial score (nSPS) is 12.6. The molecule has 1 aromatic rings. The van der Waals surface area contributed by atoms with Gasteiger partial charge in [-0.15, -0.1) is 0 Å². The maximum Gasteiger partial charge on any atom is 0.416 e. The molecular weight excluding hydrogens is 279 g/mol. The van der Waals surface area contributed by atoms with Crippen molar-refractivity contribution in [1.29, 1.82) is 0 Å². The van der Waals surface area contributed by atoms with Gasteiger partial charge < -0.3 is 10.1 Å². The Morgan fingerprint density at radius 2 is 1.84 bits per heavy atom. The van der Waals surface area contributed by atoms with Gasteiger partial charge >= 0.3 is 6.18 Å². The molecule has 0 fully saturated rings. The van der Waals surface area contributed by atoms with Crippen LogP contribution in [0.5, 0.6) is 0 Å². The highest BCUT2D eigenvalue weighted by Gasteiger charge is 2.30. The van der Waals surface area contributed by atoms with Crippen LogP contribution in [0.15, 0.2) is 18.2 Å². The minimum Gasteiger partial charge on any atom is -0.382 e. The van der Waals surface area contributed by atoms with Gasteiger partial charge in [-0.05, 0) is 39.0 Å². The van der Waals surface area contributed by atoms with Crippen molar-refractivity contribution < 1.29 is 17.9 Å². The summed E-state index contributed by atoms with van der Waals surface area (Å²) in [5.41, 5.74) is -0.535. The van der Waals surface area contributed by atoms with Crippen LogP contribution >= 0.6 is 11.6 Å². The number of nitrogens with one attached hydrogen (secondary N) is 1. The highest BCUT2D eigenvalue weighted by molar-refractivity contribution is 6.33. The zero-order valence-corrected chi connectivity index (χ0v) is 11.8. The SMILES string of the molecule is CC(C)(C)OCCNc1ccc(C(F)(F)F)cc1Cl. The number of benzene rings is 1. The number of ether oxygens (including phenoxy) is 1. The highest BCUT2D eigenvalue weighted by Crippen LogP contribution is 2.33. The van der Waals surface area contributed by atoms with E-state index in [2.05, 4.69) is 5.32 Å². The van der Waals surface area contributed by atoms with Crippen molar-refractivity contribution in [3.05, 3.63) is 28.8 Å². The topological polar surface area (TPSA) is 21.3 Å². The van der Waals surface area contributed by atoms with Gasteiger partial charge in [-0.2, -0.15) is 13.2 Å². The lowest BCUT2D eigenvalue weighted by Gasteiger charge is -2.20. The molecule has 0 aliphatic carbocycles. The lowest BCUT2D eigenvalue weighted by Crippen LogP contribution is -2.23. The fourth-order valence-corrected chi connectivity index (χ4v) is 1.63. The molecule has 1 rings (SSSR count). The molecule has 0 saturated carbocycles. The average Bonchev–Trinajstić information content (AvgIpc) is 2.23. The molecule has 0 heterocycles. The molecule has 0 amide bonds. The highest BCUT2D eigenvalue weighted by atomic mass is 35.5. The molecule has 1 aromatic carbocycles. The molecule has 108 valence electrons. The van der Waals surface area contributed by atoms with Gasteiger partial charge in [0.2, 0.25) is 0 Å². The van der Waals surface area contributed by atoms with Gasteiger partial charge in [0.05, 0.1) is 28.5 Å². The van der Waals surface area contributed by atoms with Gasteiger partial charge in [0.15, 0.2) is 0 Å². The molecule has 0 saturated heterocycles. The van der Waals surface area contributed by atoms with Gasteiger partial charge in [0.25, 0.3) is 0 Å². The van der Waals surface area contributed by atoms with E-state index in [9.17, 15) is 13.2 Å². The lowest BCUT2D eigenvalue weighted by atomic mass is 10.2. The Balaban J connectivity index is 2.57. The van der Waals surface area contributed by atoms with Crippen LogP contribution in [0.2, 0.25) is 5.02 Å². The van der Waals surface area contributed by atoms with Gasteiger partial charge in [-0.25, -0.2) is 0 Å². The Bertz CT molecular complexity index is 427. The number of hydrogen-bond acceptors (Lipinski definition) is 2. The van der Waals surface area contributed by atoms with Crippen LogP contribution in [-0.2, 0) is 10.9 Å². The Morgan fingerprint density at radius 1 is 1.21 bits per heavy atom. The second kappa shape index (κ2) is 6.01. The van der Waals surface area contributed by atoms with Crippen molar-refractivity contribution in [3.8, 4) is 0 Å². The predicted octanol–water partition coefficient (Wildman–Crippen LogP) is 4.59. The first-order chi connectivity index (χ1) is 8.59. The van der Waals surface area contributed by atoms with Crippen LogP contribution < -0.4 is 5.32 Å². The Kier molecular flexibility index (Phi) is 5.10. The molecule has 0 aliphatic heterocycles. The largest absolute Gasteiger partial charge is 0.416 e. The quantitative estimate of drug-likeness (QED) is 0.821. The van der Waals surface area contributed by atoms with Crippen LogP contribution in [0.4, 0.5) is 18.9 Å². The molecular formula is C13H17ClF3NO. The molecule has 0 aromatic heterocycles. The van der Waals surface area contributed by atoms with E-state index in [-0.39, 0.29) is 10.6 Å². The molecule has 19 heavy (non-hydrogen) atoms. The summed E-state index contributed by atoms with van der Waals surface area (Å²) in [7, 11) is 0. The van der Waals surface area contributed by atoms with Gasteiger partial charge in [0, 0.05) is 6.54 Å². The number of halogens is 4. The maximum atomic E-state index is 12.4. The summed E-state index contributed by atoms with van der Waals surface area (Å²) >= 11 is 5.80. The molecule has 0 radical (unpaired) electrons. The zero-order chi connectivity index (χ0) is 14.7. The van der Waals surface area contributed by atoms with E-state index in [1.807, 2.05) is 20.8 Å². The molecule has 0 bridgehead atoms. The molecule has 0 aliphatic rings. The van der Waals surface area contributed by atoms with Crippen molar-refractivity contribution in [1.82, 2.24) is 0 Å². The zero-order valence-electron chi connectivity index (χ0n) is 11.1. The summed E-state index contributed by atoms with van der Waals surface area (Å²) in [6.45, 7) is 6.71. The van der Waals surface area contributed by atoms with Crippen molar-refractivity contribution in [2.24, 2.45) is 0 Å². The minimum atomic E-state index is -4.38. The van der Waals surface area contributed by atoms with E-state index >= 15 is 0 Å². The van der Waals surface area contributed by atoms with E-state index in [1.165, 1.54) is 6.07 Å². The standard InChI is InChI=1S/C13H17ClF3NO/c1-12(2,3)19-7-6-18-11-5-4-9(8-10(11)14)13(15,16)17/h4-5,8,18H,6-7H2,1-3H3. The van der Waals surface area contributed by atoms with E-state index in [0.29, 0.717) is 18.8 Å². The van der Waals surface area contributed by atoms with E-state index in [0.717, 1.165) is 12.1 Å². The lowest BCUT2D eigenvalue weighted by molar-refractivity contribution is -0.137. The predicted molar refractivity (Wildman–Crippen MR) is 70.6 cm³/mol. The first-order valence-electron chi connectivity index (χ1n) is 5.84. The monoisotopic (exact) mass is 295 g/mol. The Labute approximate surface area is 115 Å². The number of hydrogen-bond donors (Lipinski definition) is 1. The van der Waals surface area contributed by atoms with Gasteiger partial charge in [-0.1, -0.05) is 11.6 Å². The van der Waals surface area contributed by atoms with Crippen LogP contribution in [-0.4, -0.2) is 18.8 Å². The third-order valence-electron chi connectivity index (χ3n) is 2.25. The summed E-state index contributed by atoms with van der Waals surface area (Å²) in [6.07, 6.45) is -4.38. The third kappa shape index (κ3) is 5.70. The fraction of sp³-hybridized carbons (Fsp3) is 0.538. The van der Waals surface area contributed by atoms with Crippen molar-refractivity contribution in [3.63, 3.8) is 0 Å². The number of alkyl halides is 3. The van der Waals surface area contributed by atoms with Crippen LogP contribution in [0.1, 0.15) is 26.3 Å². The molecule has 0 spiro atoms. The maximum absolute atomic E-state index is 12.4. The molecule has 6 heteroatoms. The van der Waals surface area contributed by atoms with Crippen molar-refractivity contribution >= 4 is 17.3 Å². The summed E-state index contributed by atoms with van der Waals surface area (Å²) in [6, 6.07) is 3.23.